The molecule has 8 heteroatoms. The Kier molecular flexibility index (Phi) is 12.1. The van der Waals surface area contributed by atoms with E-state index in [1.807, 2.05) is 42.5 Å². The van der Waals surface area contributed by atoms with Gasteiger partial charge >= 0.3 is 5.97 Å². The lowest BCUT2D eigenvalue weighted by Gasteiger charge is -2.26. The molecule has 0 heterocycles. The van der Waals surface area contributed by atoms with Gasteiger partial charge in [0.1, 0.15) is 0 Å². The van der Waals surface area contributed by atoms with Crippen molar-refractivity contribution in [2.24, 2.45) is 11.8 Å². The van der Waals surface area contributed by atoms with E-state index in [1.54, 1.807) is 18.2 Å². The van der Waals surface area contributed by atoms with Crippen molar-refractivity contribution < 1.29 is 36.6 Å². The summed E-state index contributed by atoms with van der Waals surface area (Å²) in [5, 5.41) is 7.04. The van der Waals surface area contributed by atoms with Crippen LogP contribution in [0.2, 0.25) is 0 Å². The van der Waals surface area contributed by atoms with Crippen LogP contribution in [0.25, 0.3) is 43.1 Å². The van der Waals surface area contributed by atoms with Crippen molar-refractivity contribution in [1.82, 2.24) is 0 Å². The lowest BCUT2D eigenvalue weighted by Crippen LogP contribution is -2.11. The van der Waals surface area contributed by atoms with Gasteiger partial charge in [-0.15, -0.1) is 0 Å². The summed E-state index contributed by atoms with van der Waals surface area (Å²) in [6, 6.07) is 24.6. The fourth-order valence-corrected chi connectivity index (χ4v) is 8.65. The zero-order chi connectivity index (χ0) is 40.2. The van der Waals surface area contributed by atoms with E-state index in [4.69, 9.17) is 4.74 Å². The molecule has 2 saturated carbocycles. The third-order valence-electron chi connectivity index (χ3n) is 11.8. The van der Waals surface area contributed by atoms with Crippen molar-refractivity contribution in [2.45, 2.75) is 77.6 Å². The van der Waals surface area contributed by atoms with Crippen LogP contribution < -0.4 is 9.47 Å². The average molecular weight is 775 g/mol. The van der Waals surface area contributed by atoms with Crippen LogP contribution in [0.1, 0.15) is 104 Å². The SMILES string of the molecule is CC1CCCCC1.COc1c(F)cc(C2CCC(C)CC2)cc1F.O=Cc1ccc2c3cccc4c(C(=O)Oc5c(F)cccc5F)ccc(c5cccc1c25)c43. The average Bonchev–Trinajstić information content (AvgIpc) is 3.22. The standard InChI is InChI=1S/C28H14F2O3.C14H18F2O.C7H14/c29-23-8-3-9-24(30)27(23)33-28(32)22-13-12-21-17-5-1-4-16-15(14-31)10-11-20(25(16)17)18-6-2-7-19(22)26(18)21;1-9-3-5-10(6-4-9)11-7-12(15)14(17-2)13(16)8-11;1-7-5-3-2-4-6-7/h1-14H;7-10H,3-6H2,1-2H3;7H,2-6H2,1H3. The summed E-state index contributed by atoms with van der Waals surface area (Å²) in [4.78, 5) is 24.6. The Morgan fingerprint density at radius 1 is 0.579 bits per heavy atom. The predicted octanol–water partition coefficient (Wildman–Crippen LogP) is 13.9. The molecule has 294 valence electrons. The molecule has 7 aromatic carbocycles. The summed E-state index contributed by atoms with van der Waals surface area (Å²) in [5.41, 5.74) is 1.59. The van der Waals surface area contributed by atoms with Crippen LogP contribution in [0.15, 0.2) is 91.0 Å². The van der Waals surface area contributed by atoms with Crippen molar-refractivity contribution in [3.8, 4) is 11.5 Å². The maximum atomic E-state index is 14.0. The molecular formula is C49H46F4O4. The highest BCUT2D eigenvalue weighted by molar-refractivity contribution is 6.35. The highest BCUT2D eigenvalue weighted by Crippen LogP contribution is 2.42. The maximum absolute atomic E-state index is 14.0. The van der Waals surface area contributed by atoms with Gasteiger partial charge in [-0.3, -0.25) is 4.79 Å². The summed E-state index contributed by atoms with van der Waals surface area (Å²) < 4.78 is 65.1. The largest absolute Gasteiger partial charge is 0.491 e. The van der Waals surface area contributed by atoms with Gasteiger partial charge in [0.25, 0.3) is 0 Å². The normalized spacial score (nSPS) is 17.2. The summed E-state index contributed by atoms with van der Waals surface area (Å²) >= 11 is 0. The van der Waals surface area contributed by atoms with Crippen LogP contribution in [0.5, 0.6) is 11.5 Å². The molecule has 57 heavy (non-hydrogen) atoms. The lowest BCUT2D eigenvalue weighted by molar-refractivity contribution is 0.0722. The van der Waals surface area contributed by atoms with Crippen molar-refractivity contribution >= 4 is 55.3 Å². The second kappa shape index (κ2) is 17.3. The van der Waals surface area contributed by atoms with Gasteiger partial charge in [0, 0.05) is 5.56 Å². The highest BCUT2D eigenvalue weighted by Gasteiger charge is 2.24. The van der Waals surface area contributed by atoms with Crippen LogP contribution in [-0.4, -0.2) is 19.4 Å². The zero-order valence-electron chi connectivity index (χ0n) is 32.5. The van der Waals surface area contributed by atoms with Gasteiger partial charge in [-0.1, -0.05) is 119 Å². The number of para-hydroxylation sites is 1. The Hall–Kier alpha value is -5.50. The molecule has 0 N–H and O–H groups in total. The number of ether oxygens (including phenoxy) is 2. The lowest BCUT2D eigenvalue weighted by atomic mass is 9.79. The number of benzene rings is 7. The van der Waals surface area contributed by atoms with Crippen LogP contribution in [0.4, 0.5) is 17.6 Å². The fourth-order valence-electron chi connectivity index (χ4n) is 8.65. The Bertz CT molecular complexity index is 2490. The molecule has 2 aliphatic carbocycles. The highest BCUT2D eigenvalue weighted by atomic mass is 19.1. The van der Waals surface area contributed by atoms with Gasteiger partial charge < -0.3 is 9.47 Å². The topological polar surface area (TPSA) is 52.6 Å². The van der Waals surface area contributed by atoms with Crippen LogP contribution in [0, 0.1) is 35.1 Å². The zero-order valence-corrected chi connectivity index (χ0v) is 32.5. The molecule has 9 rings (SSSR count). The first kappa shape index (κ1) is 39.7. The number of methoxy groups -OCH3 is 1. The monoisotopic (exact) mass is 774 g/mol. The van der Waals surface area contributed by atoms with E-state index in [1.165, 1.54) is 57.4 Å². The number of hydrogen-bond acceptors (Lipinski definition) is 4. The first-order valence-electron chi connectivity index (χ1n) is 19.9. The third kappa shape index (κ3) is 8.18. The van der Waals surface area contributed by atoms with Crippen LogP contribution in [-0.2, 0) is 0 Å². The quantitative estimate of drug-likeness (QED) is 0.0436. The Morgan fingerprint density at radius 2 is 1.09 bits per heavy atom. The van der Waals surface area contributed by atoms with Gasteiger partial charge in [0.2, 0.25) is 5.75 Å². The summed E-state index contributed by atoms with van der Waals surface area (Å²) in [6.45, 7) is 4.59. The molecule has 0 radical (unpaired) electrons. The summed E-state index contributed by atoms with van der Waals surface area (Å²) in [5.74, 6) is -2.87. The number of rotatable bonds is 5. The molecule has 0 spiro atoms. The molecule has 4 nitrogen and oxygen atoms in total. The maximum Gasteiger partial charge on any atom is 0.344 e. The molecule has 0 saturated heterocycles. The molecule has 2 fully saturated rings. The van der Waals surface area contributed by atoms with E-state index in [2.05, 4.69) is 18.6 Å². The van der Waals surface area contributed by atoms with Gasteiger partial charge in [-0.2, -0.15) is 0 Å². The summed E-state index contributed by atoms with van der Waals surface area (Å²) in [7, 11) is 1.28. The van der Waals surface area contributed by atoms with Crippen molar-refractivity contribution in [3.63, 3.8) is 0 Å². The van der Waals surface area contributed by atoms with E-state index in [9.17, 15) is 27.2 Å². The van der Waals surface area contributed by atoms with E-state index < -0.39 is 35.0 Å². The Balaban J connectivity index is 0.000000171. The van der Waals surface area contributed by atoms with E-state index in [0.29, 0.717) is 16.9 Å². The number of halogens is 4. The predicted molar refractivity (Wildman–Crippen MR) is 220 cm³/mol. The van der Waals surface area contributed by atoms with E-state index in [-0.39, 0.29) is 11.3 Å². The van der Waals surface area contributed by atoms with E-state index >= 15 is 0 Å². The summed E-state index contributed by atoms with van der Waals surface area (Å²) in [6.07, 6.45) is 12.6. The second-order valence-corrected chi connectivity index (χ2v) is 15.6. The molecular weight excluding hydrogens is 729 g/mol. The van der Waals surface area contributed by atoms with Gasteiger partial charge in [-0.25, -0.2) is 22.4 Å². The number of carbonyl (C=O) groups excluding carboxylic acids is 2. The van der Waals surface area contributed by atoms with Crippen molar-refractivity contribution in [2.75, 3.05) is 7.11 Å². The molecule has 0 amide bonds. The number of fused-ring (bicyclic) bond motifs is 2. The first-order chi connectivity index (χ1) is 27.6. The van der Waals surface area contributed by atoms with Gasteiger partial charge in [0.15, 0.2) is 35.3 Å². The Morgan fingerprint density at radius 3 is 1.65 bits per heavy atom. The third-order valence-corrected chi connectivity index (χ3v) is 11.8. The minimum atomic E-state index is -0.947. The van der Waals surface area contributed by atoms with Crippen molar-refractivity contribution in [3.05, 3.63) is 131 Å². The van der Waals surface area contributed by atoms with Crippen LogP contribution >= 0.6 is 0 Å². The molecule has 0 atom stereocenters. The molecule has 0 aromatic heterocycles. The first-order valence-corrected chi connectivity index (χ1v) is 19.9. The van der Waals surface area contributed by atoms with Crippen molar-refractivity contribution in [1.29, 1.82) is 0 Å². The Labute approximate surface area is 330 Å². The van der Waals surface area contributed by atoms with Gasteiger partial charge in [0.05, 0.1) is 12.7 Å². The molecule has 0 unspecified atom stereocenters. The smallest absolute Gasteiger partial charge is 0.344 e. The number of carbonyl (C=O) groups is 2. The molecule has 0 bridgehead atoms. The number of esters is 1. The van der Waals surface area contributed by atoms with Crippen LogP contribution in [0.3, 0.4) is 0 Å². The molecule has 2 aliphatic rings. The van der Waals surface area contributed by atoms with E-state index in [0.717, 1.165) is 99.2 Å². The fraction of sp³-hybridized carbons (Fsp3) is 0.306. The molecule has 7 aromatic rings. The minimum Gasteiger partial charge on any atom is -0.491 e. The number of aldehydes is 1. The van der Waals surface area contributed by atoms with Gasteiger partial charge in [-0.05, 0) is 110 Å². The minimum absolute atomic E-state index is 0.207. The second-order valence-electron chi connectivity index (χ2n) is 15.6. The number of hydrogen-bond donors (Lipinski definition) is 0. The molecule has 0 aliphatic heterocycles.